The number of rotatable bonds is 6. The van der Waals surface area contributed by atoms with Gasteiger partial charge in [-0.1, -0.05) is 0 Å². The van der Waals surface area contributed by atoms with Gasteiger partial charge in [-0.05, 0) is 39.7 Å². The SMILES string of the molecule is COC1(CO)CCN(c2nccc(Nc3cc4c(cn3)nc(C)n4C(C)C)n2)CC1. The number of methoxy groups -OCH3 is 1. The van der Waals surface area contributed by atoms with Crippen LogP contribution < -0.4 is 10.2 Å². The second kappa shape index (κ2) is 8.16. The average molecular weight is 412 g/mol. The van der Waals surface area contributed by atoms with E-state index in [1.165, 1.54) is 0 Å². The van der Waals surface area contributed by atoms with Gasteiger partial charge < -0.3 is 24.6 Å². The maximum atomic E-state index is 9.64. The van der Waals surface area contributed by atoms with Crippen LogP contribution in [0.25, 0.3) is 11.0 Å². The third kappa shape index (κ3) is 3.82. The number of anilines is 3. The maximum Gasteiger partial charge on any atom is 0.227 e. The van der Waals surface area contributed by atoms with Crippen molar-refractivity contribution >= 4 is 28.6 Å². The monoisotopic (exact) mass is 411 g/mol. The summed E-state index contributed by atoms with van der Waals surface area (Å²) in [7, 11) is 1.66. The predicted molar refractivity (Wildman–Crippen MR) is 116 cm³/mol. The van der Waals surface area contributed by atoms with Crippen LogP contribution in [0.1, 0.15) is 38.6 Å². The summed E-state index contributed by atoms with van der Waals surface area (Å²) in [5.74, 6) is 3.03. The highest BCUT2D eigenvalue weighted by atomic mass is 16.5. The first-order chi connectivity index (χ1) is 14.4. The molecule has 0 bridgehead atoms. The number of imidazole rings is 1. The van der Waals surface area contributed by atoms with Crippen LogP contribution in [0.3, 0.4) is 0 Å². The van der Waals surface area contributed by atoms with Crippen LogP contribution in [0.2, 0.25) is 0 Å². The lowest BCUT2D eigenvalue weighted by Gasteiger charge is -2.39. The molecule has 2 N–H and O–H groups in total. The van der Waals surface area contributed by atoms with Gasteiger partial charge in [0.05, 0.1) is 23.9 Å². The van der Waals surface area contributed by atoms with E-state index in [1.54, 1.807) is 19.5 Å². The number of hydrogen-bond donors (Lipinski definition) is 2. The fourth-order valence-corrected chi connectivity index (χ4v) is 4.08. The Morgan fingerprint density at radius 3 is 2.63 bits per heavy atom. The molecule has 160 valence electrons. The molecule has 9 heteroatoms. The van der Waals surface area contributed by atoms with Gasteiger partial charge in [0, 0.05) is 38.5 Å². The van der Waals surface area contributed by atoms with E-state index in [4.69, 9.17) is 4.74 Å². The van der Waals surface area contributed by atoms with Gasteiger partial charge in [-0.15, -0.1) is 0 Å². The zero-order valence-corrected chi connectivity index (χ0v) is 18.0. The number of aliphatic hydroxyl groups is 1. The third-order valence-electron chi connectivity index (χ3n) is 5.85. The molecule has 0 unspecified atom stereocenters. The smallest absolute Gasteiger partial charge is 0.227 e. The molecule has 0 atom stereocenters. The Kier molecular flexibility index (Phi) is 5.57. The summed E-state index contributed by atoms with van der Waals surface area (Å²) in [4.78, 5) is 20.3. The average Bonchev–Trinajstić information content (AvgIpc) is 3.09. The van der Waals surface area contributed by atoms with E-state index in [2.05, 4.69) is 48.6 Å². The van der Waals surface area contributed by atoms with Crippen LogP contribution in [0.4, 0.5) is 17.6 Å². The molecule has 1 aliphatic rings. The number of hydrogen-bond acceptors (Lipinski definition) is 8. The fourth-order valence-electron chi connectivity index (χ4n) is 4.08. The Bertz CT molecular complexity index is 1020. The Hall–Kier alpha value is -2.78. The zero-order chi connectivity index (χ0) is 21.3. The molecule has 0 aliphatic carbocycles. The van der Waals surface area contributed by atoms with Crippen LogP contribution in [-0.2, 0) is 4.74 Å². The molecule has 3 aromatic rings. The number of pyridine rings is 1. The number of aryl methyl sites for hydroxylation is 1. The normalized spacial score (nSPS) is 16.4. The lowest BCUT2D eigenvalue weighted by atomic mass is 9.92. The second-order valence-corrected chi connectivity index (χ2v) is 8.08. The minimum Gasteiger partial charge on any atom is -0.393 e. The number of fused-ring (bicyclic) bond motifs is 1. The van der Waals surface area contributed by atoms with Crippen LogP contribution in [0.15, 0.2) is 24.5 Å². The molecule has 1 saturated heterocycles. The summed E-state index contributed by atoms with van der Waals surface area (Å²) < 4.78 is 7.73. The van der Waals surface area contributed by atoms with Gasteiger partial charge in [-0.2, -0.15) is 4.98 Å². The Labute approximate surface area is 176 Å². The number of aromatic nitrogens is 5. The largest absolute Gasteiger partial charge is 0.393 e. The first kappa shape index (κ1) is 20.5. The quantitative estimate of drug-likeness (QED) is 0.639. The molecule has 1 aliphatic heterocycles. The number of ether oxygens (including phenoxy) is 1. The summed E-state index contributed by atoms with van der Waals surface area (Å²) in [6, 6.07) is 4.15. The van der Waals surface area contributed by atoms with E-state index in [0.717, 1.165) is 42.8 Å². The van der Waals surface area contributed by atoms with Crippen molar-refractivity contribution in [3.63, 3.8) is 0 Å². The van der Waals surface area contributed by atoms with Crippen LogP contribution in [0.5, 0.6) is 0 Å². The number of aliphatic hydroxyl groups excluding tert-OH is 1. The van der Waals surface area contributed by atoms with E-state index < -0.39 is 5.60 Å². The van der Waals surface area contributed by atoms with Gasteiger partial charge in [0.1, 0.15) is 23.0 Å². The molecule has 4 heterocycles. The highest BCUT2D eigenvalue weighted by Crippen LogP contribution is 2.28. The lowest BCUT2D eigenvalue weighted by molar-refractivity contribution is -0.0674. The predicted octanol–water partition coefficient (Wildman–Crippen LogP) is 2.83. The van der Waals surface area contributed by atoms with Crippen molar-refractivity contribution in [1.82, 2.24) is 24.5 Å². The highest BCUT2D eigenvalue weighted by molar-refractivity contribution is 5.79. The van der Waals surface area contributed by atoms with Gasteiger partial charge in [0.25, 0.3) is 0 Å². The van der Waals surface area contributed by atoms with Crippen LogP contribution >= 0.6 is 0 Å². The molecule has 3 aromatic heterocycles. The summed E-state index contributed by atoms with van der Waals surface area (Å²) in [5, 5.41) is 12.9. The second-order valence-electron chi connectivity index (χ2n) is 8.08. The standard InChI is InChI=1S/C21H29N7O2/c1-14(2)28-15(3)24-16-12-23-19(11-17(16)28)25-18-5-8-22-20(26-18)27-9-6-21(13-29,30-4)7-10-27/h5,8,11-12,14,29H,6-7,9-10,13H2,1-4H3,(H,22,23,25,26). The molecule has 30 heavy (non-hydrogen) atoms. The molecule has 1 fully saturated rings. The minimum absolute atomic E-state index is 0.0281. The fraction of sp³-hybridized carbons (Fsp3) is 0.524. The van der Waals surface area contributed by atoms with Crippen molar-refractivity contribution < 1.29 is 9.84 Å². The molecule has 0 saturated carbocycles. The highest BCUT2D eigenvalue weighted by Gasteiger charge is 2.34. The summed E-state index contributed by atoms with van der Waals surface area (Å²) in [6.45, 7) is 7.79. The van der Waals surface area contributed by atoms with Gasteiger partial charge in [0.2, 0.25) is 5.95 Å². The topological polar surface area (TPSA) is 101 Å². The molecule has 0 radical (unpaired) electrons. The zero-order valence-electron chi connectivity index (χ0n) is 18.0. The van der Waals surface area contributed by atoms with E-state index in [9.17, 15) is 5.11 Å². The third-order valence-corrected chi connectivity index (χ3v) is 5.85. The summed E-state index contributed by atoms with van der Waals surface area (Å²) in [6.07, 6.45) is 5.00. The molecular weight excluding hydrogens is 382 g/mol. The van der Waals surface area contributed by atoms with Crippen molar-refractivity contribution in [3.8, 4) is 0 Å². The van der Waals surface area contributed by atoms with E-state index in [1.807, 2.05) is 19.1 Å². The van der Waals surface area contributed by atoms with E-state index in [-0.39, 0.29) is 6.61 Å². The Morgan fingerprint density at radius 2 is 1.97 bits per heavy atom. The minimum atomic E-state index is -0.455. The van der Waals surface area contributed by atoms with Crippen molar-refractivity contribution in [1.29, 1.82) is 0 Å². The first-order valence-electron chi connectivity index (χ1n) is 10.3. The lowest BCUT2D eigenvalue weighted by Crippen LogP contribution is -2.48. The molecular formula is C21H29N7O2. The van der Waals surface area contributed by atoms with Crippen LogP contribution in [0, 0.1) is 6.92 Å². The van der Waals surface area contributed by atoms with Gasteiger partial charge in [0.15, 0.2) is 0 Å². The van der Waals surface area contributed by atoms with Crippen molar-refractivity contribution in [3.05, 3.63) is 30.4 Å². The maximum absolute atomic E-state index is 9.64. The first-order valence-corrected chi connectivity index (χ1v) is 10.3. The number of nitrogens with one attached hydrogen (secondary N) is 1. The molecule has 0 aromatic carbocycles. The van der Waals surface area contributed by atoms with E-state index >= 15 is 0 Å². The summed E-state index contributed by atoms with van der Waals surface area (Å²) >= 11 is 0. The Morgan fingerprint density at radius 1 is 1.20 bits per heavy atom. The van der Waals surface area contributed by atoms with Gasteiger partial charge in [-0.25, -0.2) is 15.0 Å². The number of piperidine rings is 1. The van der Waals surface area contributed by atoms with E-state index in [0.29, 0.717) is 23.6 Å². The molecule has 9 nitrogen and oxygen atoms in total. The van der Waals surface area contributed by atoms with Gasteiger partial charge in [-0.3, -0.25) is 0 Å². The molecule has 4 rings (SSSR count). The Balaban J connectivity index is 1.53. The molecule has 0 spiro atoms. The van der Waals surface area contributed by atoms with Crippen molar-refractivity contribution in [2.45, 2.75) is 45.3 Å². The molecule has 0 amide bonds. The van der Waals surface area contributed by atoms with Gasteiger partial charge >= 0.3 is 0 Å². The van der Waals surface area contributed by atoms with Crippen molar-refractivity contribution in [2.75, 3.05) is 37.0 Å². The summed E-state index contributed by atoms with van der Waals surface area (Å²) in [5.41, 5.74) is 1.47. The van der Waals surface area contributed by atoms with Crippen molar-refractivity contribution in [2.24, 2.45) is 0 Å². The number of nitrogens with zero attached hydrogens (tertiary/aromatic N) is 6. The van der Waals surface area contributed by atoms with Crippen LogP contribution in [-0.4, -0.2) is 62.0 Å².